The number of hydrogen-bond donors (Lipinski definition) is 0. The van der Waals surface area contributed by atoms with Crippen LogP contribution in [0.3, 0.4) is 0 Å². The zero-order valence-corrected chi connectivity index (χ0v) is 10.2. The van der Waals surface area contributed by atoms with Crippen LogP contribution < -0.4 is 9.47 Å². The Labute approximate surface area is 97.4 Å². The Kier molecular flexibility index (Phi) is 3.98. The molecule has 4 nitrogen and oxygen atoms in total. The van der Waals surface area contributed by atoms with Gasteiger partial charge in [0.1, 0.15) is 0 Å². The van der Waals surface area contributed by atoms with Crippen LogP contribution in [0.1, 0.15) is 5.56 Å². The first-order chi connectivity index (χ1) is 7.39. The van der Waals surface area contributed by atoms with Gasteiger partial charge in [-0.15, -0.1) is 0 Å². The van der Waals surface area contributed by atoms with Gasteiger partial charge in [0.15, 0.2) is 11.5 Å². The van der Waals surface area contributed by atoms with Crippen molar-refractivity contribution < 1.29 is 22.3 Å². The minimum Gasteiger partial charge on any atom is -0.494 e. The van der Waals surface area contributed by atoms with Crippen LogP contribution in [0.5, 0.6) is 11.5 Å². The van der Waals surface area contributed by atoms with E-state index in [0.717, 1.165) is 0 Å². The first-order valence-electron chi connectivity index (χ1n) is 4.20. The predicted molar refractivity (Wildman–Crippen MR) is 58.0 cm³/mol. The highest BCUT2D eigenvalue weighted by Gasteiger charge is 2.18. The van der Waals surface area contributed by atoms with E-state index in [1.165, 1.54) is 26.4 Å². The van der Waals surface area contributed by atoms with Crippen molar-refractivity contribution in [3.8, 4) is 11.5 Å². The number of rotatable bonds is 4. The normalized spacial score (nSPS) is 11.2. The van der Waals surface area contributed by atoms with Gasteiger partial charge < -0.3 is 9.47 Å². The Morgan fingerprint density at radius 2 is 1.94 bits per heavy atom. The number of halogens is 2. The largest absolute Gasteiger partial charge is 0.494 e. The molecule has 0 aliphatic carbocycles. The highest BCUT2D eigenvalue weighted by molar-refractivity contribution is 8.13. The summed E-state index contributed by atoms with van der Waals surface area (Å²) in [5.74, 6) is -1.45. The van der Waals surface area contributed by atoms with Crippen molar-refractivity contribution in [1.29, 1.82) is 0 Å². The van der Waals surface area contributed by atoms with E-state index in [9.17, 15) is 12.8 Å². The van der Waals surface area contributed by atoms with E-state index in [4.69, 9.17) is 20.2 Å². The minimum absolute atomic E-state index is 0.0208. The molecule has 0 aliphatic heterocycles. The minimum atomic E-state index is -3.76. The van der Waals surface area contributed by atoms with Crippen LogP contribution in [0.15, 0.2) is 12.1 Å². The van der Waals surface area contributed by atoms with Gasteiger partial charge in [-0.1, -0.05) is 6.07 Å². The summed E-state index contributed by atoms with van der Waals surface area (Å²) >= 11 is 0. The van der Waals surface area contributed by atoms with Gasteiger partial charge in [0.2, 0.25) is 14.9 Å². The lowest BCUT2D eigenvalue weighted by molar-refractivity contribution is 0.348. The molecule has 0 aromatic heterocycles. The summed E-state index contributed by atoms with van der Waals surface area (Å²) in [4.78, 5) is 0. The maximum absolute atomic E-state index is 13.6. The summed E-state index contributed by atoms with van der Waals surface area (Å²) < 4.78 is 44.9. The van der Waals surface area contributed by atoms with Gasteiger partial charge in [0.05, 0.1) is 20.0 Å². The highest BCUT2D eigenvalue weighted by atomic mass is 35.7. The van der Waals surface area contributed by atoms with E-state index in [0.29, 0.717) is 0 Å². The fourth-order valence-corrected chi connectivity index (χ4v) is 2.21. The Morgan fingerprint density at radius 3 is 2.38 bits per heavy atom. The van der Waals surface area contributed by atoms with Crippen LogP contribution in [0, 0.1) is 5.82 Å². The molecular weight excluding hydrogens is 259 g/mol. The van der Waals surface area contributed by atoms with Gasteiger partial charge in [0.25, 0.3) is 0 Å². The number of hydrogen-bond acceptors (Lipinski definition) is 4. The Morgan fingerprint density at radius 1 is 1.31 bits per heavy atom. The van der Waals surface area contributed by atoms with Gasteiger partial charge in [-0.05, 0) is 6.07 Å². The van der Waals surface area contributed by atoms with Crippen molar-refractivity contribution >= 4 is 19.7 Å². The van der Waals surface area contributed by atoms with Crippen LogP contribution in [-0.4, -0.2) is 22.6 Å². The second kappa shape index (κ2) is 4.88. The summed E-state index contributed by atoms with van der Waals surface area (Å²) in [7, 11) is 3.86. The molecule has 0 saturated carbocycles. The van der Waals surface area contributed by atoms with Crippen molar-refractivity contribution in [3.05, 3.63) is 23.5 Å². The zero-order valence-electron chi connectivity index (χ0n) is 8.66. The maximum Gasteiger partial charge on any atom is 0.236 e. The van der Waals surface area contributed by atoms with E-state index in [1.807, 2.05) is 0 Å². The van der Waals surface area contributed by atoms with Gasteiger partial charge in [-0.25, -0.2) is 8.42 Å². The summed E-state index contributed by atoms with van der Waals surface area (Å²) in [6, 6.07) is 2.70. The van der Waals surface area contributed by atoms with Crippen molar-refractivity contribution in [2.45, 2.75) is 5.75 Å². The van der Waals surface area contributed by atoms with Crippen molar-refractivity contribution in [2.75, 3.05) is 14.2 Å². The average Bonchev–Trinajstić information content (AvgIpc) is 2.16. The number of methoxy groups -OCH3 is 2. The fourth-order valence-electron chi connectivity index (χ4n) is 1.26. The molecule has 0 amide bonds. The average molecular weight is 269 g/mol. The monoisotopic (exact) mass is 268 g/mol. The quantitative estimate of drug-likeness (QED) is 0.783. The lowest BCUT2D eigenvalue weighted by Gasteiger charge is -2.10. The molecule has 0 aliphatic rings. The van der Waals surface area contributed by atoms with E-state index in [2.05, 4.69) is 0 Å². The third kappa shape index (κ3) is 2.99. The standard InChI is InChI=1S/C9H10ClFO4S/c1-14-7-4-3-6(5-16(10,12)13)9(15-2)8(7)11/h3-4H,5H2,1-2H3. The smallest absolute Gasteiger partial charge is 0.236 e. The molecule has 0 atom stereocenters. The SMILES string of the molecule is COc1ccc(CS(=O)(=O)Cl)c(OC)c1F. The molecule has 0 unspecified atom stereocenters. The number of ether oxygens (including phenoxy) is 2. The summed E-state index contributed by atoms with van der Waals surface area (Å²) in [5.41, 5.74) is 0.149. The fraction of sp³-hybridized carbons (Fsp3) is 0.333. The van der Waals surface area contributed by atoms with Crippen molar-refractivity contribution in [2.24, 2.45) is 0 Å². The van der Waals surface area contributed by atoms with E-state index in [1.54, 1.807) is 0 Å². The molecule has 90 valence electrons. The molecule has 0 heterocycles. The molecule has 1 aromatic rings. The molecule has 7 heteroatoms. The first kappa shape index (κ1) is 13.1. The first-order valence-corrected chi connectivity index (χ1v) is 6.68. The van der Waals surface area contributed by atoms with Gasteiger partial charge in [0, 0.05) is 16.2 Å². The molecule has 0 bridgehead atoms. The van der Waals surface area contributed by atoms with Gasteiger partial charge in [-0.2, -0.15) is 4.39 Å². The molecule has 0 radical (unpaired) electrons. The van der Waals surface area contributed by atoms with E-state index in [-0.39, 0.29) is 17.1 Å². The molecule has 0 spiro atoms. The zero-order chi connectivity index (χ0) is 12.3. The molecule has 0 saturated heterocycles. The topological polar surface area (TPSA) is 52.6 Å². The highest BCUT2D eigenvalue weighted by Crippen LogP contribution is 2.31. The number of benzene rings is 1. The van der Waals surface area contributed by atoms with Crippen molar-refractivity contribution in [3.63, 3.8) is 0 Å². The molecule has 1 rings (SSSR count). The van der Waals surface area contributed by atoms with Crippen LogP contribution in [-0.2, 0) is 14.8 Å². The second-order valence-electron chi connectivity index (χ2n) is 2.96. The second-order valence-corrected chi connectivity index (χ2v) is 5.73. The maximum atomic E-state index is 13.6. The lowest BCUT2D eigenvalue weighted by Crippen LogP contribution is -2.02. The third-order valence-electron chi connectivity index (χ3n) is 1.90. The third-order valence-corrected chi connectivity index (χ3v) is 2.88. The molecule has 0 N–H and O–H groups in total. The summed E-state index contributed by atoms with van der Waals surface area (Å²) in [5, 5.41) is 0. The molecule has 16 heavy (non-hydrogen) atoms. The van der Waals surface area contributed by atoms with E-state index >= 15 is 0 Å². The van der Waals surface area contributed by atoms with Crippen LogP contribution in [0.25, 0.3) is 0 Å². The Hall–Kier alpha value is -1.01. The van der Waals surface area contributed by atoms with Crippen LogP contribution >= 0.6 is 10.7 Å². The van der Waals surface area contributed by atoms with Gasteiger partial charge in [-0.3, -0.25) is 0 Å². The summed E-state index contributed by atoms with van der Waals surface area (Å²) in [6.07, 6.45) is 0. The van der Waals surface area contributed by atoms with E-state index < -0.39 is 20.6 Å². The lowest BCUT2D eigenvalue weighted by atomic mass is 10.2. The molecule has 0 fully saturated rings. The Bertz CT molecular complexity index is 487. The Balaban J connectivity index is 3.26. The molecule has 1 aromatic carbocycles. The summed E-state index contributed by atoms with van der Waals surface area (Å²) in [6.45, 7) is 0. The van der Waals surface area contributed by atoms with Crippen LogP contribution in [0.4, 0.5) is 4.39 Å². The van der Waals surface area contributed by atoms with Crippen LogP contribution in [0.2, 0.25) is 0 Å². The molecular formula is C9H10ClFO4S. The van der Waals surface area contributed by atoms with Crippen molar-refractivity contribution in [1.82, 2.24) is 0 Å². The predicted octanol–water partition coefficient (Wildman–Crippen LogP) is 1.91. The van der Waals surface area contributed by atoms with Gasteiger partial charge >= 0.3 is 0 Å².